The molecule has 0 amide bonds. The molecule has 0 saturated carbocycles. The number of benzene rings is 2. The first kappa shape index (κ1) is 22.8. The zero-order valence-electron chi connectivity index (χ0n) is 18.7. The number of nitrogens with zero attached hydrogens (tertiary/aromatic N) is 4. The van der Waals surface area contributed by atoms with Crippen molar-refractivity contribution < 1.29 is 10.2 Å². The molecule has 0 spiro atoms. The predicted molar refractivity (Wildman–Crippen MR) is 127 cm³/mol. The van der Waals surface area contributed by atoms with E-state index in [-0.39, 0.29) is 6.61 Å². The fraction of sp³-hybridized carbons (Fsp3) is 0.333. The number of likely N-dealkylation sites (tertiary alicyclic amines) is 1. The standard InChI is InChI=1S/C27H28N4O2/c1-20(33)27-29-14-16-31(27)26(19-32)12-5-21-3-6-22(7-4-21)23-8-10-24(11-9-23)25-17-30(18-25)15-2-13-28/h3-4,6-11,14,16,20,25-26,32-33H,2,15,17-19H2,1H3/t20-,26-/m0/s1. The van der Waals surface area contributed by atoms with Crippen LogP contribution >= 0.6 is 0 Å². The van der Waals surface area contributed by atoms with Crippen molar-refractivity contribution in [1.82, 2.24) is 14.5 Å². The molecule has 168 valence electrons. The highest BCUT2D eigenvalue weighted by atomic mass is 16.3. The molecule has 33 heavy (non-hydrogen) atoms. The number of aromatic nitrogens is 2. The summed E-state index contributed by atoms with van der Waals surface area (Å²) in [7, 11) is 0. The molecule has 2 aromatic carbocycles. The van der Waals surface area contributed by atoms with E-state index in [1.807, 2.05) is 12.1 Å². The van der Waals surface area contributed by atoms with Crippen LogP contribution in [0, 0.1) is 23.2 Å². The minimum atomic E-state index is -0.728. The molecular formula is C27H28N4O2. The summed E-state index contributed by atoms with van der Waals surface area (Å²) in [5, 5.41) is 28.3. The first-order chi connectivity index (χ1) is 16.1. The lowest BCUT2D eigenvalue weighted by Gasteiger charge is -2.39. The number of aliphatic hydroxyl groups excluding tert-OH is 2. The highest BCUT2D eigenvalue weighted by Gasteiger charge is 2.27. The van der Waals surface area contributed by atoms with Crippen molar-refractivity contribution in [3.05, 3.63) is 77.9 Å². The highest BCUT2D eigenvalue weighted by molar-refractivity contribution is 5.64. The van der Waals surface area contributed by atoms with Crippen LogP contribution in [0.5, 0.6) is 0 Å². The Morgan fingerprint density at radius 2 is 1.76 bits per heavy atom. The number of imidazole rings is 1. The van der Waals surface area contributed by atoms with Crippen LogP contribution < -0.4 is 0 Å². The smallest absolute Gasteiger partial charge is 0.138 e. The summed E-state index contributed by atoms with van der Waals surface area (Å²) >= 11 is 0. The molecule has 6 heteroatoms. The third-order valence-corrected chi connectivity index (χ3v) is 6.06. The van der Waals surface area contributed by atoms with E-state index < -0.39 is 12.1 Å². The number of nitriles is 1. The largest absolute Gasteiger partial charge is 0.393 e. The molecule has 1 fully saturated rings. The first-order valence-electron chi connectivity index (χ1n) is 11.2. The zero-order chi connectivity index (χ0) is 23.2. The molecular weight excluding hydrogens is 412 g/mol. The molecule has 0 unspecified atom stereocenters. The summed E-state index contributed by atoms with van der Waals surface area (Å²) in [4.78, 5) is 6.47. The van der Waals surface area contributed by atoms with Gasteiger partial charge in [0.25, 0.3) is 0 Å². The summed E-state index contributed by atoms with van der Waals surface area (Å²) in [6.07, 6.45) is 3.19. The predicted octanol–water partition coefficient (Wildman–Crippen LogP) is 3.50. The molecule has 3 aromatic rings. The van der Waals surface area contributed by atoms with Gasteiger partial charge in [-0.05, 0) is 35.7 Å². The Morgan fingerprint density at radius 1 is 1.09 bits per heavy atom. The molecule has 0 aliphatic carbocycles. The molecule has 2 heterocycles. The number of rotatable bonds is 7. The SMILES string of the molecule is C[C@H](O)c1nccn1[C@@H](C#Cc1ccc(-c2ccc(C3CN(CCC#N)C3)cc2)cc1)CO. The molecule has 1 saturated heterocycles. The molecule has 1 aromatic heterocycles. The lowest BCUT2D eigenvalue weighted by atomic mass is 9.90. The Hall–Kier alpha value is -3.42. The van der Waals surface area contributed by atoms with E-state index >= 15 is 0 Å². The van der Waals surface area contributed by atoms with Crippen molar-refractivity contribution in [2.45, 2.75) is 31.4 Å². The van der Waals surface area contributed by atoms with E-state index in [9.17, 15) is 10.2 Å². The molecule has 2 N–H and O–H groups in total. The van der Waals surface area contributed by atoms with Crippen LogP contribution in [-0.2, 0) is 0 Å². The van der Waals surface area contributed by atoms with Gasteiger partial charge in [-0.1, -0.05) is 48.2 Å². The van der Waals surface area contributed by atoms with Gasteiger partial charge < -0.3 is 19.7 Å². The molecule has 0 bridgehead atoms. The van der Waals surface area contributed by atoms with Crippen molar-refractivity contribution in [2.24, 2.45) is 0 Å². The van der Waals surface area contributed by atoms with Gasteiger partial charge in [0.2, 0.25) is 0 Å². The van der Waals surface area contributed by atoms with Gasteiger partial charge in [0.15, 0.2) is 0 Å². The second-order valence-corrected chi connectivity index (χ2v) is 8.40. The van der Waals surface area contributed by atoms with Gasteiger partial charge in [-0.3, -0.25) is 0 Å². The van der Waals surface area contributed by atoms with Crippen molar-refractivity contribution in [1.29, 1.82) is 5.26 Å². The van der Waals surface area contributed by atoms with Crippen molar-refractivity contribution >= 4 is 0 Å². The number of hydrogen-bond acceptors (Lipinski definition) is 5. The summed E-state index contributed by atoms with van der Waals surface area (Å²) in [6, 6.07) is 18.5. The van der Waals surface area contributed by atoms with Gasteiger partial charge in [0, 0.05) is 49.9 Å². The summed E-state index contributed by atoms with van der Waals surface area (Å²) in [5.74, 6) is 7.24. The van der Waals surface area contributed by atoms with Crippen LogP contribution in [0.3, 0.4) is 0 Å². The van der Waals surface area contributed by atoms with E-state index in [1.165, 1.54) is 5.56 Å². The number of aliphatic hydroxyl groups is 2. The molecule has 4 rings (SSSR count). The van der Waals surface area contributed by atoms with Gasteiger partial charge in [0.1, 0.15) is 18.0 Å². The average molecular weight is 441 g/mol. The summed E-state index contributed by atoms with van der Waals surface area (Å²) in [5.41, 5.74) is 4.49. The van der Waals surface area contributed by atoms with E-state index in [4.69, 9.17) is 5.26 Å². The van der Waals surface area contributed by atoms with Crippen LogP contribution in [-0.4, -0.2) is 50.9 Å². The fourth-order valence-corrected chi connectivity index (χ4v) is 4.15. The molecule has 1 aliphatic rings. The van der Waals surface area contributed by atoms with E-state index in [2.05, 4.69) is 64.2 Å². The second kappa shape index (κ2) is 10.5. The second-order valence-electron chi connectivity index (χ2n) is 8.40. The Kier molecular flexibility index (Phi) is 7.22. The Balaban J connectivity index is 1.40. The third-order valence-electron chi connectivity index (χ3n) is 6.06. The fourth-order valence-electron chi connectivity index (χ4n) is 4.15. The lowest BCUT2D eigenvalue weighted by molar-refractivity contribution is 0.152. The monoisotopic (exact) mass is 440 g/mol. The van der Waals surface area contributed by atoms with Crippen LogP contribution in [0.15, 0.2) is 60.9 Å². The zero-order valence-corrected chi connectivity index (χ0v) is 18.7. The van der Waals surface area contributed by atoms with Crippen molar-refractivity contribution in [3.63, 3.8) is 0 Å². The van der Waals surface area contributed by atoms with Crippen molar-refractivity contribution in [3.8, 4) is 29.0 Å². The lowest BCUT2D eigenvalue weighted by Crippen LogP contribution is -2.45. The van der Waals surface area contributed by atoms with E-state index in [1.54, 1.807) is 23.9 Å². The number of hydrogen-bond donors (Lipinski definition) is 2. The maximum atomic E-state index is 9.84. The first-order valence-corrected chi connectivity index (χ1v) is 11.2. The van der Waals surface area contributed by atoms with Gasteiger partial charge >= 0.3 is 0 Å². The van der Waals surface area contributed by atoms with Crippen LogP contribution in [0.4, 0.5) is 0 Å². The molecule has 0 radical (unpaired) electrons. The van der Waals surface area contributed by atoms with Crippen LogP contribution in [0.2, 0.25) is 0 Å². The van der Waals surface area contributed by atoms with Gasteiger partial charge in [-0.15, -0.1) is 0 Å². The average Bonchev–Trinajstić information content (AvgIpc) is 3.30. The van der Waals surface area contributed by atoms with E-state index in [0.29, 0.717) is 18.2 Å². The normalized spacial score (nSPS) is 15.7. The quantitative estimate of drug-likeness (QED) is 0.549. The Labute approximate surface area is 194 Å². The maximum Gasteiger partial charge on any atom is 0.138 e. The summed E-state index contributed by atoms with van der Waals surface area (Å²) < 4.78 is 1.71. The molecule has 1 aliphatic heterocycles. The van der Waals surface area contributed by atoms with Crippen LogP contribution in [0.1, 0.15) is 48.4 Å². The minimum absolute atomic E-state index is 0.162. The van der Waals surface area contributed by atoms with Gasteiger partial charge in [0.05, 0.1) is 12.7 Å². The third kappa shape index (κ3) is 5.32. The Bertz CT molecular complexity index is 1160. The van der Waals surface area contributed by atoms with Crippen LogP contribution in [0.25, 0.3) is 11.1 Å². The van der Waals surface area contributed by atoms with E-state index in [0.717, 1.165) is 36.3 Å². The minimum Gasteiger partial charge on any atom is -0.393 e. The van der Waals surface area contributed by atoms with Gasteiger partial charge in [-0.25, -0.2) is 4.98 Å². The maximum absolute atomic E-state index is 9.84. The molecule has 2 atom stereocenters. The van der Waals surface area contributed by atoms with Crippen molar-refractivity contribution in [2.75, 3.05) is 26.2 Å². The summed E-state index contributed by atoms with van der Waals surface area (Å²) in [6.45, 7) is 4.40. The van der Waals surface area contributed by atoms with Gasteiger partial charge in [-0.2, -0.15) is 5.26 Å². The highest BCUT2D eigenvalue weighted by Crippen LogP contribution is 2.29. The Morgan fingerprint density at radius 3 is 2.36 bits per heavy atom. The molecule has 6 nitrogen and oxygen atoms in total. The topological polar surface area (TPSA) is 85.3 Å².